The molecular formula is CuInSeSi. The van der Waals surface area contributed by atoms with Crippen LogP contribution in [-0.4, -0.2) is 53.9 Å². The molecule has 0 atom stereocenters. The molecule has 0 aromatic rings. The Morgan fingerprint density at radius 2 is 1.00 bits per heavy atom. The van der Waals surface area contributed by atoms with E-state index >= 15 is 0 Å². The van der Waals surface area contributed by atoms with Crippen LogP contribution in [0.5, 0.6) is 0 Å². The van der Waals surface area contributed by atoms with Crippen LogP contribution in [0, 0.1) is 0 Å². The molecule has 0 unspecified atom stereocenters. The molecule has 0 saturated heterocycles. The second-order valence-electron chi connectivity index (χ2n) is 0. The fourth-order valence-electron chi connectivity index (χ4n) is 0. The van der Waals surface area contributed by atoms with E-state index in [0.717, 1.165) is 0 Å². The van der Waals surface area contributed by atoms with Gasteiger partial charge in [0, 0.05) is 70.9 Å². The second-order valence-corrected chi connectivity index (χ2v) is 0. The molecule has 10 radical (unpaired) electrons. The average Bonchev–Trinajstić information content (AvgIpc) is 0. The van der Waals surface area contributed by atoms with E-state index in [0.29, 0.717) is 0 Å². The van der Waals surface area contributed by atoms with Gasteiger partial charge >= 0.3 is 0 Å². The monoisotopic (exact) mass is 286 g/mol. The predicted molar refractivity (Wildman–Crippen MR) is 17.3 cm³/mol. The maximum Gasteiger partial charge on any atom is 0 e. The van der Waals surface area contributed by atoms with E-state index in [-0.39, 0.29) is 70.9 Å². The summed E-state index contributed by atoms with van der Waals surface area (Å²) >= 11 is 0. The van der Waals surface area contributed by atoms with Crippen LogP contribution in [0.3, 0.4) is 0 Å². The largest absolute Gasteiger partial charge is 0 e. The first kappa shape index (κ1) is 35.6. The molecule has 0 heterocycles. The van der Waals surface area contributed by atoms with Crippen molar-refractivity contribution in [2.24, 2.45) is 0 Å². The van der Waals surface area contributed by atoms with Crippen LogP contribution in [-0.2, 0) is 17.1 Å². The van der Waals surface area contributed by atoms with E-state index in [1.165, 1.54) is 0 Å². The average molecular weight is 285 g/mol. The molecule has 0 spiro atoms. The molecule has 4 heavy (non-hydrogen) atoms. The molecule has 0 amide bonds. The molecule has 0 aliphatic carbocycles. The molecule has 0 nitrogen and oxygen atoms in total. The first-order valence-electron chi connectivity index (χ1n) is 0. The molecule has 24 valence electrons. The molecule has 0 N–H and O–H groups in total. The van der Waals surface area contributed by atoms with Crippen molar-refractivity contribution in [3.63, 3.8) is 0 Å². The van der Waals surface area contributed by atoms with Crippen molar-refractivity contribution >= 4 is 53.9 Å². The van der Waals surface area contributed by atoms with Crippen LogP contribution in [0.25, 0.3) is 0 Å². The van der Waals surface area contributed by atoms with Gasteiger partial charge in [-0.05, 0) is 0 Å². The van der Waals surface area contributed by atoms with Crippen molar-refractivity contribution < 1.29 is 17.1 Å². The van der Waals surface area contributed by atoms with Crippen molar-refractivity contribution in [2.75, 3.05) is 0 Å². The summed E-state index contributed by atoms with van der Waals surface area (Å²) in [6.45, 7) is 0. The maximum atomic E-state index is 0. The Bertz CT molecular complexity index is 8.00. The molecule has 0 bridgehead atoms. The van der Waals surface area contributed by atoms with Gasteiger partial charge in [0.25, 0.3) is 0 Å². The normalized spacial score (nSPS) is 0. The molecule has 0 fully saturated rings. The van der Waals surface area contributed by atoms with Crippen molar-refractivity contribution in [3.05, 3.63) is 0 Å². The van der Waals surface area contributed by atoms with Crippen LogP contribution in [0.1, 0.15) is 0 Å². The third-order valence-electron chi connectivity index (χ3n) is 0. The third-order valence-corrected chi connectivity index (χ3v) is 0. The summed E-state index contributed by atoms with van der Waals surface area (Å²) in [7, 11) is 0. The van der Waals surface area contributed by atoms with Gasteiger partial charge in [-0.1, -0.05) is 0 Å². The van der Waals surface area contributed by atoms with Crippen molar-refractivity contribution in [3.8, 4) is 0 Å². The Balaban J connectivity index is 0. The Labute approximate surface area is 70.2 Å². The van der Waals surface area contributed by atoms with Gasteiger partial charge in [-0.15, -0.1) is 0 Å². The van der Waals surface area contributed by atoms with Gasteiger partial charge in [-0.3, -0.25) is 0 Å². The van der Waals surface area contributed by atoms with Crippen LogP contribution in [0.2, 0.25) is 0 Å². The predicted octanol–water partition coefficient (Wildman–Crippen LogP) is -1.14. The standard InChI is InChI=1S/Cu.In.Se.Si. The SMILES string of the molecule is [Cu].[In].[Se].[Si]. The number of rotatable bonds is 0. The summed E-state index contributed by atoms with van der Waals surface area (Å²) in [6.07, 6.45) is 0. The third kappa shape index (κ3) is 8.92. The van der Waals surface area contributed by atoms with Crippen LogP contribution >= 0.6 is 0 Å². The van der Waals surface area contributed by atoms with Crippen LogP contribution in [0.4, 0.5) is 0 Å². The smallest absolute Gasteiger partial charge is 0 e. The minimum atomic E-state index is 0. The van der Waals surface area contributed by atoms with Crippen molar-refractivity contribution in [1.29, 1.82) is 0 Å². The minimum absolute atomic E-state index is 0. The van der Waals surface area contributed by atoms with Gasteiger partial charge in [0.05, 0.1) is 0 Å². The molecule has 0 aromatic carbocycles. The molecule has 0 rings (SSSR count). The Hall–Kier alpha value is 2.13. The van der Waals surface area contributed by atoms with E-state index in [1.807, 2.05) is 0 Å². The summed E-state index contributed by atoms with van der Waals surface area (Å²) < 4.78 is 0. The van der Waals surface area contributed by atoms with E-state index in [9.17, 15) is 0 Å². The van der Waals surface area contributed by atoms with E-state index in [1.54, 1.807) is 0 Å². The van der Waals surface area contributed by atoms with Gasteiger partial charge in [0.2, 0.25) is 0 Å². The van der Waals surface area contributed by atoms with E-state index in [4.69, 9.17) is 0 Å². The van der Waals surface area contributed by atoms with Gasteiger partial charge in [-0.25, -0.2) is 0 Å². The summed E-state index contributed by atoms with van der Waals surface area (Å²) in [5.74, 6) is 0. The zero-order chi connectivity index (χ0) is 0. The summed E-state index contributed by atoms with van der Waals surface area (Å²) in [5.41, 5.74) is 0. The minimum Gasteiger partial charge on any atom is 0 e. The molecule has 0 aromatic heterocycles. The zero-order valence-electron chi connectivity index (χ0n) is 1.79. The molecule has 0 saturated carbocycles. The topological polar surface area (TPSA) is 0 Å². The maximum absolute atomic E-state index is 0. The van der Waals surface area contributed by atoms with Crippen molar-refractivity contribution in [2.45, 2.75) is 0 Å². The fraction of sp³-hybridized carbons (Fsp3) is 0. The Morgan fingerprint density at radius 3 is 1.00 bits per heavy atom. The first-order chi connectivity index (χ1) is 0. The fourth-order valence-corrected chi connectivity index (χ4v) is 0. The van der Waals surface area contributed by atoms with Gasteiger partial charge in [0.15, 0.2) is 0 Å². The number of hydrogen-bond donors (Lipinski definition) is 0. The van der Waals surface area contributed by atoms with Gasteiger partial charge < -0.3 is 0 Å². The van der Waals surface area contributed by atoms with Crippen molar-refractivity contribution in [1.82, 2.24) is 0 Å². The molecule has 0 aliphatic rings. The quantitative estimate of drug-likeness (QED) is 0.493. The molecule has 0 aliphatic heterocycles. The van der Waals surface area contributed by atoms with Crippen LogP contribution in [0.15, 0.2) is 0 Å². The van der Waals surface area contributed by atoms with Gasteiger partial charge in [0.1, 0.15) is 0 Å². The number of hydrogen-bond acceptors (Lipinski definition) is 0. The second kappa shape index (κ2) is 19.3. The molecular weight excluding hydrogens is 285 g/mol. The first-order valence-corrected chi connectivity index (χ1v) is 0. The Morgan fingerprint density at radius 1 is 1.00 bits per heavy atom. The Kier molecular flexibility index (Phi) is 172. The molecule has 4 heteroatoms. The summed E-state index contributed by atoms with van der Waals surface area (Å²) in [6, 6.07) is 0. The van der Waals surface area contributed by atoms with Crippen LogP contribution < -0.4 is 0 Å². The zero-order valence-corrected chi connectivity index (χ0v) is 8.74. The van der Waals surface area contributed by atoms with E-state index in [2.05, 4.69) is 0 Å². The summed E-state index contributed by atoms with van der Waals surface area (Å²) in [4.78, 5) is 0. The van der Waals surface area contributed by atoms with E-state index < -0.39 is 0 Å². The van der Waals surface area contributed by atoms with Gasteiger partial charge in [-0.2, -0.15) is 0 Å². The summed E-state index contributed by atoms with van der Waals surface area (Å²) in [5, 5.41) is 0.